The van der Waals surface area contributed by atoms with E-state index in [2.05, 4.69) is 34.0 Å². The Labute approximate surface area is 216 Å². The molecule has 1 aliphatic heterocycles. The van der Waals surface area contributed by atoms with Crippen molar-refractivity contribution in [3.05, 3.63) is 66.7 Å². The molecule has 1 aliphatic rings. The van der Waals surface area contributed by atoms with Crippen LogP contribution in [-0.4, -0.2) is 69.3 Å². The highest BCUT2D eigenvalue weighted by molar-refractivity contribution is 6.00. The molecule has 2 N–H and O–H groups in total. The number of carbonyl (C=O) groups is 1. The molecule has 37 heavy (non-hydrogen) atoms. The third-order valence-corrected chi connectivity index (χ3v) is 6.49. The fourth-order valence-electron chi connectivity index (χ4n) is 4.74. The molecule has 0 spiro atoms. The van der Waals surface area contributed by atoms with Crippen LogP contribution in [-0.2, 0) is 4.74 Å². The molecule has 192 valence electrons. The summed E-state index contributed by atoms with van der Waals surface area (Å²) in [7, 11) is 0. The molecular weight excluding hydrogens is 468 g/mol. The molecule has 0 aliphatic carbocycles. The van der Waals surface area contributed by atoms with Gasteiger partial charge < -0.3 is 20.1 Å². The monoisotopic (exact) mass is 500 g/mol. The number of hydrogen-bond acceptors (Lipinski definition) is 7. The number of hydrogen-bond donors (Lipinski definition) is 2. The lowest BCUT2D eigenvalue weighted by Crippen LogP contribution is -2.39. The molecule has 4 heterocycles. The van der Waals surface area contributed by atoms with Gasteiger partial charge in [-0.2, -0.15) is 0 Å². The molecule has 9 heteroatoms. The number of nitrogens with one attached hydrogen (secondary N) is 1. The second-order valence-corrected chi connectivity index (χ2v) is 9.63. The Morgan fingerprint density at radius 2 is 1.89 bits per heavy atom. The van der Waals surface area contributed by atoms with Crippen molar-refractivity contribution in [2.45, 2.75) is 26.3 Å². The summed E-state index contributed by atoms with van der Waals surface area (Å²) >= 11 is 0. The van der Waals surface area contributed by atoms with Crippen molar-refractivity contribution in [1.82, 2.24) is 24.7 Å². The Balaban J connectivity index is 1.61. The molecule has 4 aromatic rings. The predicted octanol–water partition coefficient (Wildman–Crippen LogP) is 3.43. The lowest BCUT2D eigenvalue weighted by Gasteiger charge is -2.27. The zero-order valence-electron chi connectivity index (χ0n) is 21.2. The van der Waals surface area contributed by atoms with Crippen molar-refractivity contribution >= 4 is 17.4 Å². The SMILES string of the molecule is CC(C)C[C@H](CO)NC(=O)c1c(-c2ccccc2)nc2c(-c3cc(N4CCOCC4)ncn3)cccn12. The second-order valence-electron chi connectivity index (χ2n) is 9.63. The zero-order valence-corrected chi connectivity index (χ0v) is 21.2. The smallest absolute Gasteiger partial charge is 0.270 e. The third-order valence-electron chi connectivity index (χ3n) is 6.49. The van der Waals surface area contributed by atoms with Crippen LogP contribution < -0.4 is 10.2 Å². The molecule has 0 radical (unpaired) electrons. The quantitative estimate of drug-likeness (QED) is 0.382. The molecule has 1 atom stereocenters. The van der Waals surface area contributed by atoms with E-state index in [0.717, 1.165) is 35.7 Å². The van der Waals surface area contributed by atoms with Crippen LogP contribution in [0.5, 0.6) is 0 Å². The minimum atomic E-state index is -0.345. The normalized spacial score (nSPS) is 14.8. The third kappa shape index (κ3) is 5.33. The van der Waals surface area contributed by atoms with Gasteiger partial charge in [-0.25, -0.2) is 15.0 Å². The lowest BCUT2D eigenvalue weighted by molar-refractivity contribution is 0.0903. The summed E-state index contributed by atoms with van der Waals surface area (Å²) < 4.78 is 7.29. The average Bonchev–Trinajstić information content (AvgIpc) is 3.33. The number of ether oxygens (including phenoxy) is 1. The summed E-state index contributed by atoms with van der Waals surface area (Å²) in [4.78, 5) is 29.8. The van der Waals surface area contributed by atoms with E-state index >= 15 is 0 Å². The van der Waals surface area contributed by atoms with Gasteiger partial charge in [0.2, 0.25) is 0 Å². The van der Waals surface area contributed by atoms with Crippen molar-refractivity contribution in [3.8, 4) is 22.5 Å². The number of aromatic nitrogens is 4. The molecule has 1 fully saturated rings. The summed E-state index contributed by atoms with van der Waals surface area (Å²) in [5.41, 5.74) is 4.00. The number of rotatable bonds is 8. The molecule has 0 bridgehead atoms. The van der Waals surface area contributed by atoms with Crippen LogP contribution in [0.15, 0.2) is 61.1 Å². The molecular formula is C28H32N6O3. The zero-order chi connectivity index (χ0) is 25.8. The molecule has 1 saturated heterocycles. The van der Waals surface area contributed by atoms with E-state index < -0.39 is 0 Å². The van der Waals surface area contributed by atoms with Crippen LogP contribution in [0.2, 0.25) is 0 Å². The highest BCUT2D eigenvalue weighted by Gasteiger charge is 2.25. The van der Waals surface area contributed by atoms with Gasteiger partial charge in [-0.3, -0.25) is 9.20 Å². The van der Waals surface area contributed by atoms with Crippen LogP contribution in [0.3, 0.4) is 0 Å². The summed E-state index contributed by atoms with van der Waals surface area (Å²) in [6.45, 7) is 6.89. The molecule has 0 unspecified atom stereocenters. The van der Waals surface area contributed by atoms with E-state index in [1.807, 2.05) is 59.1 Å². The summed E-state index contributed by atoms with van der Waals surface area (Å²) in [5.74, 6) is 0.890. The number of imidazole rings is 1. The molecule has 3 aromatic heterocycles. The van der Waals surface area contributed by atoms with Gasteiger partial charge in [0.25, 0.3) is 5.91 Å². The van der Waals surface area contributed by atoms with E-state index in [1.54, 1.807) is 6.33 Å². The summed E-state index contributed by atoms with van der Waals surface area (Å²) in [6.07, 6.45) is 4.08. The second kappa shape index (κ2) is 11.1. The van der Waals surface area contributed by atoms with Gasteiger partial charge in [0.1, 0.15) is 29.2 Å². The van der Waals surface area contributed by atoms with Crippen LogP contribution in [0.25, 0.3) is 28.2 Å². The Kier molecular flexibility index (Phi) is 7.43. The number of carbonyl (C=O) groups excluding carboxylic acids is 1. The van der Waals surface area contributed by atoms with Crippen molar-refractivity contribution in [1.29, 1.82) is 0 Å². The van der Waals surface area contributed by atoms with Gasteiger partial charge >= 0.3 is 0 Å². The Bertz CT molecular complexity index is 1370. The predicted molar refractivity (Wildman–Crippen MR) is 142 cm³/mol. The van der Waals surface area contributed by atoms with Crippen molar-refractivity contribution in [2.75, 3.05) is 37.8 Å². The van der Waals surface area contributed by atoms with Gasteiger partial charge in [0, 0.05) is 36.5 Å². The number of aliphatic hydroxyl groups is 1. The van der Waals surface area contributed by atoms with Gasteiger partial charge in [0.05, 0.1) is 31.6 Å². The van der Waals surface area contributed by atoms with Gasteiger partial charge in [-0.05, 0) is 24.5 Å². The van der Waals surface area contributed by atoms with Gasteiger partial charge in [-0.1, -0.05) is 44.2 Å². The first kappa shape index (κ1) is 24.9. The minimum Gasteiger partial charge on any atom is -0.394 e. The lowest BCUT2D eigenvalue weighted by atomic mass is 10.0. The molecule has 9 nitrogen and oxygen atoms in total. The molecule has 1 aromatic carbocycles. The maximum Gasteiger partial charge on any atom is 0.270 e. The van der Waals surface area contributed by atoms with Crippen LogP contribution in [0.1, 0.15) is 30.8 Å². The maximum atomic E-state index is 13.6. The Morgan fingerprint density at radius 3 is 2.62 bits per heavy atom. The van der Waals surface area contributed by atoms with E-state index in [-0.39, 0.29) is 18.6 Å². The first-order valence-corrected chi connectivity index (χ1v) is 12.7. The Morgan fingerprint density at radius 1 is 1.11 bits per heavy atom. The molecule has 0 saturated carbocycles. The fraction of sp³-hybridized carbons (Fsp3) is 0.357. The van der Waals surface area contributed by atoms with Crippen LogP contribution >= 0.6 is 0 Å². The van der Waals surface area contributed by atoms with Gasteiger partial charge in [0.15, 0.2) is 0 Å². The standard InChI is InChI=1S/C28H32N6O3/c1-19(2)15-21(17-35)31-28(36)26-25(20-7-4-3-5-8-20)32-27-22(9-6-10-34(26)27)23-16-24(30-18-29-23)33-11-13-37-14-12-33/h3-10,16,18-19,21,35H,11-15,17H2,1-2H3,(H,31,36)/t21-/m1/s1. The van der Waals surface area contributed by atoms with E-state index in [1.165, 1.54) is 0 Å². The highest BCUT2D eigenvalue weighted by atomic mass is 16.5. The van der Waals surface area contributed by atoms with E-state index in [9.17, 15) is 9.90 Å². The van der Waals surface area contributed by atoms with E-state index in [4.69, 9.17) is 9.72 Å². The number of amides is 1. The van der Waals surface area contributed by atoms with E-state index in [0.29, 0.717) is 42.6 Å². The number of fused-ring (bicyclic) bond motifs is 1. The molecule has 1 amide bonds. The number of pyridine rings is 1. The number of morpholine rings is 1. The topological polar surface area (TPSA) is 105 Å². The number of aliphatic hydroxyl groups excluding tert-OH is 1. The minimum absolute atomic E-state index is 0.127. The van der Waals surface area contributed by atoms with Crippen LogP contribution in [0.4, 0.5) is 5.82 Å². The first-order chi connectivity index (χ1) is 18.0. The van der Waals surface area contributed by atoms with Crippen LogP contribution in [0, 0.1) is 5.92 Å². The fourth-order valence-corrected chi connectivity index (χ4v) is 4.74. The largest absolute Gasteiger partial charge is 0.394 e. The van der Waals surface area contributed by atoms with Crippen molar-refractivity contribution in [2.24, 2.45) is 5.92 Å². The molecule has 5 rings (SSSR count). The number of benzene rings is 1. The van der Waals surface area contributed by atoms with Crippen molar-refractivity contribution in [3.63, 3.8) is 0 Å². The Hall–Kier alpha value is -3.82. The van der Waals surface area contributed by atoms with Gasteiger partial charge in [-0.15, -0.1) is 0 Å². The average molecular weight is 501 g/mol. The number of anilines is 1. The van der Waals surface area contributed by atoms with Crippen molar-refractivity contribution < 1.29 is 14.6 Å². The first-order valence-electron chi connectivity index (χ1n) is 12.7. The summed E-state index contributed by atoms with van der Waals surface area (Å²) in [5, 5.41) is 12.9. The maximum absolute atomic E-state index is 13.6. The summed E-state index contributed by atoms with van der Waals surface area (Å²) in [6, 6.07) is 15.1. The highest BCUT2D eigenvalue weighted by Crippen LogP contribution is 2.31. The number of nitrogens with zero attached hydrogens (tertiary/aromatic N) is 5.